The van der Waals surface area contributed by atoms with Crippen LogP contribution in [-0.4, -0.2) is 36.6 Å². The normalized spacial score (nSPS) is 21.4. The van der Waals surface area contributed by atoms with E-state index in [1.54, 1.807) is 12.4 Å². The van der Waals surface area contributed by atoms with Crippen LogP contribution in [0.2, 0.25) is 0 Å². The van der Waals surface area contributed by atoms with E-state index in [0.29, 0.717) is 11.6 Å². The van der Waals surface area contributed by atoms with Crippen molar-refractivity contribution in [1.82, 2.24) is 9.88 Å². The zero-order chi connectivity index (χ0) is 12.3. The Morgan fingerprint density at radius 1 is 1.59 bits per heavy atom. The van der Waals surface area contributed by atoms with Gasteiger partial charge < -0.3 is 16.0 Å². The molecule has 2 heterocycles. The molecule has 1 atom stereocenters. The Morgan fingerprint density at radius 2 is 2.41 bits per heavy atom. The number of likely N-dealkylation sites (tertiary alicyclic amines) is 1. The van der Waals surface area contributed by atoms with Gasteiger partial charge in [0.1, 0.15) is 0 Å². The van der Waals surface area contributed by atoms with Gasteiger partial charge in [-0.1, -0.05) is 0 Å². The van der Waals surface area contributed by atoms with Crippen LogP contribution in [0, 0.1) is 5.92 Å². The fraction of sp³-hybridized carbons (Fsp3) is 0.583. The fourth-order valence-electron chi connectivity index (χ4n) is 2.32. The number of piperidine rings is 1. The summed E-state index contributed by atoms with van der Waals surface area (Å²) in [5, 5.41) is 3.43. The van der Waals surface area contributed by atoms with Gasteiger partial charge in [0, 0.05) is 19.3 Å². The number of halogens is 1. The third kappa shape index (κ3) is 3.33. The second-order valence-electron chi connectivity index (χ2n) is 4.74. The van der Waals surface area contributed by atoms with Crippen molar-refractivity contribution in [2.45, 2.75) is 12.8 Å². The first-order valence-electron chi connectivity index (χ1n) is 5.98. The third-order valence-electron chi connectivity index (χ3n) is 3.22. The van der Waals surface area contributed by atoms with Gasteiger partial charge >= 0.3 is 0 Å². The highest BCUT2D eigenvalue weighted by molar-refractivity contribution is 9.10. The van der Waals surface area contributed by atoms with E-state index in [4.69, 9.17) is 5.73 Å². The topological polar surface area (TPSA) is 54.2 Å². The summed E-state index contributed by atoms with van der Waals surface area (Å²) in [6, 6.07) is 0. The standard InChI is InChI=1S/C12H19BrN4/c1-17-4-2-3-9(8-17)5-16-12-10(13)6-15-7-11(12)14/h6-7,9H,2-5,8,14H2,1H3,(H,15,16). The Labute approximate surface area is 111 Å². The minimum absolute atomic E-state index is 0.698. The van der Waals surface area contributed by atoms with Crippen LogP contribution in [0.1, 0.15) is 12.8 Å². The van der Waals surface area contributed by atoms with Crippen molar-refractivity contribution in [3.05, 3.63) is 16.9 Å². The van der Waals surface area contributed by atoms with Gasteiger partial charge in [-0.05, 0) is 48.3 Å². The van der Waals surface area contributed by atoms with Crippen LogP contribution in [0.5, 0.6) is 0 Å². The summed E-state index contributed by atoms with van der Waals surface area (Å²) >= 11 is 3.47. The molecule has 1 fully saturated rings. The Balaban J connectivity index is 1.93. The number of hydrogen-bond donors (Lipinski definition) is 2. The van der Waals surface area contributed by atoms with E-state index in [2.05, 4.69) is 38.2 Å². The molecule has 1 saturated heterocycles. The summed E-state index contributed by atoms with van der Waals surface area (Å²) in [5.41, 5.74) is 7.56. The average Bonchev–Trinajstić information content (AvgIpc) is 2.28. The number of rotatable bonds is 3. The molecular formula is C12H19BrN4. The lowest BCUT2D eigenvalue weighted by Crippen LogP contribution is -2.35. The molecule has 2 rings (SSSR count). The van der Waals surface area contributed by atoms with Crippen LogP contribution in [0.25, 0.3) is 0 Å². The summed E-state index contributed by atoms with van der Waals surface area (Å²) in [5.74, 6) is 0.702. The minimum Gasteiger partial charge on any atom is -0.396 e. The highest BCUT2D eigenvalue weighted by Gasteiger charge is 2.17. The molecule has 1 aliphatic heterocycles. The molecule has 1 aromatic rings. The van der Waals surface area contributed by atoms with Gasteiger partial charge in [0.15, 0.2) is 0 Å². The Morgan fingerprint density at radius 3 is 3.12 bits per heavy atom. The third-order valence-corrected chi connectivity index (χ3v) is 3.82. The van der Waals surface area contributed by atoms with E-state index in [1.165, 1.54) is 19.4 Å². The Bertz CT molecular complexity index is 363. The molecule has 0 aromatic carbocycles. The van der Waals surface area contributed by atoms with Crippen molar-refractivity contribution in [2.75, 3.05) is 37.7 Å². The maximum Gasteiger partial charge on any atom is 0.0750 e. The quantitative estimate of drug-likeness (QED) is 0.898. The predicted molar refractivity (Wildman–Crippen MR) is 75.1 cm³/mol. The molecule has 0 bridgehead atoms. The number of nitrogen functional groups attached to an aromatic ring is 1. The van der Waals surface area contributed by atoms with Gasteiger partial charge in [-0.2, -0.15) is 0 Å². The van der Waals surface area contributed by atoms with Gasteiger partial charge in [-0.3, -0.25) is 4.98 Å². The van der Waals surface area contributed by atoms with Crippen molar-refractivity contribution in [3.63, 3.8) is 0 Å². The maximum atomic E-state index is 5.90. The lowest BCUT2D eigenvalue weighted by Gasteiger charge is -2.30. The van der Waals surface area contributed by atoms with Crippen molar-refractivity contribution in [3.8, 4) is 0 Å². The maximum absolute atomic E-state index is 5.90. The molecule has 0 aliphatic carbocycles. The van der Waals surface area contributed by atoms with Crippen molar-refractivity contribution in [2.24, 2.45) is 5.92 Å². The van der Waals surface area contributed by atoms with Crippen LogP contribution < -0.4 is 11.1 Å². The molecule has 1 aliphatic rings. The van der Waals surface area contributed by atoms with Crippen molar-refractivity contribution < 1.29 is 0 Å². The van der Waals surface area contributed by atoms with Gasteiger partial charge in [-0.25, -0.2) is 0 Å². The van der Waals surface area contributed by atoms with E-state index in [1.807, 2.05) is 0 Å². The Kier molecular flexibility index (Phi) is 4.23. The minimum atomic E-state index is 0.698. The van der Waals surface area contributed by atoms with E-state index in [0.717, 1.165) is 23.2 Å². The number of nitrogens with one attached hydrogen (secondary N) is 1. The van der Waals surface area contributed by atoms with E-state index >= 15 is 0 Å². The SMILES string of the molecule is CN1CCCC(CNc2c(N)cncc2Br)C1. The summed E-state index contributed by atoms with van der Waals surface area (Å²) in [4.78, 5) is 6.42. The van der Waals surface area contributed by atoms with E-state index in [9.17, 15) is 0 Å². The monoisotopic (exact) mass is 298 g/mol. The number of nitrogens with zero attached hydrogens (tertiary/aromatic N) is 2. The zero-order valence-electron chi connectivity index (χ0n) is 10.1. The lowest BCUT2D eigenvalue weighted by molar-refractivity contribution is 0.217. The van der Waals surface area contributed by atoms with Gasteiger partial charge in [0.25, 0.3) is 0 Å². The molecule has 0 saturated carbocycles. The number of aromatic nitrogens is 1. The molecular weight excluding hydrogens is 280 g/mol. The average molecular weight is 299 g/mol. The van der Waals surface area contributed by atoms with Crippen molar-refractivity contribution in [1.29, 1.82) is 0 Å². The van der Waals surface area contributed by atoms with Crippen molar-refractivity contribution >= 4 is 27.3 Å². The fourth-order valence-corrected chi connectivity index (χ4v) is 2.81. The highest BCUT2D eigenvalue weighted by Crippen LogP contribution is 2.27. The molecule has 0 radical (unpaired) electrons. The molecule has 94 valence electrons. The second kappa shape index (κ2) is 5.69. The summed E-state index contributed by atoms with van der Waals surface area (Å²) in [7, 11) is 2.18. The Hall–Kier alpha value is -0.810. The number of nitrogens with two attached hydrogens (primary N) is 1. The second-order valence-corrected chi connectivity index (χ2v) is 5.59. The number of pyridine rings is 1. The molecule has 5 heteroatoms. The van der Waals surface area contributed by atoms with E-state index in [-0.39, 0.29) is 0 Å². The molecule has 0 spiro atoms. The molecule has 17 heavy (non-hydrogen) atoms. The highest BCUT2D eigenvalue weighted by atomic mass is 79.9. The molecule has 4 nitrogen and oxygen atoms in total. The molecule has 1 unspecified atom stereocenters. The van der Waals surface area contributed by atoms with Crippen LogP contribution in [0.4, 0.5) is 11.4 Å². The molecule has 0 amide bonds. The van der Waals surface area contributed by atoms with Gasteiger partial charge in [0.05, 0.1) is 22.0 Å². The lowest BCUT2D eigenvalue weighted by atomic mass is 9.98. The molecule has 3 N–H and O–H groups in total. The number of hydrogen-bond acceptors (Lipinski definition) is 4. The summed E-state index contributed by atoms with van der Waals surface area (Å²) in [6.45, 7) is 3.35. The first-order valence-corrected chi connectivity index (χ1v) is 6.77. The van der Waals surface area contributed by atoms with Crippen LogP contribution >= 0.6 is 15.9 Å². The van der Waals surface area contributed by atoms with Gasteiger partial charge in [0.2, 0.25) is 0 Å². The summed E-state index contributed by atoms with van der Waals surface area (Å²) < 4.78 is 0.932. The van der Waals surface area contributed by atoms with E-state index < -0.39 is 0 Å². The zero-order valence-corrected chi connectivity index (χ0v) is 11.7. The first-order chi connectivity index (χ1) is 8.16. The van der Waals surface area contributed by atoms with Gasteiger partial charge in [-0.15, -0.1) is 0 Å². The first kappa shape index (κ1) is 12.6. The van der Waals surface area contributed by atoms with Crippen LogP contribution in [0.3, 0.4) is 0 Å². The predicted octanol–water partition coefficient (Wildman–Crippen LogP) is 2.18. The number of anilines is 2. The molecule has 1 aromatic heterocycles. The van der Waals surface area contributed by atoms with Crippen LogP contribution in [0.15, 0.2) is 16.9 Å². The summed E-state index contributed by atoms with van der Waals surface area (Å²) in [6.07, 6.45) is 6.03. The smallest absolute Gasteiger partial charge is 0.0750 e. The van der Waals surface area contributed by atoms with Crippen LogP contribution in [-0.2, 0) is 0 Å². The largest absolute Gasteiger partial charge is 0.396 e.